The van der Waals surface area contributed by atoms with E-state index in [2.05, 4.69) is 10.3 Å². The molecule has 3 rings (SSSR count). The van der Waals surface area contributed by atoms with Gasteiger partial charge in [0.25, 0.3) is 0 Å². The topological polar surface area (TPSA) is 27.8 Å². The second-order valence-electron chi connectivity index (χ2n) is 4.52. The first kappa shape index (κ1) is 13.7. The molecule has 0 amide bonds. The third-order valence-electron chi connectivity index (χ3n) is 3.03. The molecule has 102 valence electrons. The van der Waals surface area contributed by atoms with Crippen LogP contribution in [0.1, 0.15) is 19.3 Å². The molecule has 1 aliphatic rings. The van der Waals surface area contributed by atoms with Crippen molar-refractivity contribution < 1.29 is 8.78 Å². The van der Waals surface area contributed by atoms with Crippen LogP contribution in [0.5, 0.6) is 0 Å². The fraction of sp³-hybridized carbons (Fsp3) is 0.333. The Hall–Kier alpha value is -1.68. The van der Waals surface area contributed by atoms with Gasteiger partial charge in [-0.2, -0.15) is 0 Å². The molecule has 2 heterocycles. The lowest BCUT2D eigenvalue weighted by atomic mass is 10.1. The Balaban J connectivity index is 0.000000186. The van der Waals surface area contributed by atoms with Gasteiger partial charge in [0.1, 0.15) is 11.6 Å². The van der Waals surface area contributed by atoms with Crippen molar-refractivity contribution in [2.75, 3.05) is 13.1 Å². The van der Waals surface area contributed by atoms with Crippen molar-refractivity contribution in [1.29, 1.82) is 0 Å². The van der Waals surface area contributed by atoms with Crippen LogP contribution in [-0.4, -0.2) is 18.1 Å². The Morgan fingerprint density at radius 2 is 1.74 bits per heavy atom. The molecule has 0 unspecified atom stereocenters. The van der Waals surface area contributed by atoms with Crippen LogP contribution < -0.4 is 5.32 Å². The molecule has 19 heavy (non-hydrogen) atoms. The summed E-state index contributed by atoms with van der Waals surface area (Å²) in [6.45, 7) is 2.50. The first-order chi connectivity index (χ1) is 9.27. The van der Waals surface area contributed by atoms with Crippen LogP contribution in [0.25, 0.3) is 11.3 Å². The van der Waals surface area contributed by atoms with Crippen LogP contribution in [-0.2, 0) is 0 Å². The minimum Gasteiger partial charge on any atom is -0.361 e. The van der Waals surface area contributed by atoms with Crippen molar-refractivity contribution in [3.8, 4) is 11.3 Å². The number of nitrogens with one attached hydrogen (secondary N) is 2. The quantitative estimate of drug-likeness (QED) is 0.807. The lowest BCUT2D eigenvalue weighted by molar-refractivity contribution is 0.520. The van der Waals surface area contributed by atoms with E-state index in [1.807, 2.05) is 0 Å². The van der Waals surface area contributed by atoms with Gasteiger partial charge < -0.3 is 10.3 Å². The normalized spacial score (nSPS) is 14.6. The highest BCUT2D eigenvalue weighted by atomic mass is 19.1. The monoisotopic (exact) mass is 264 g/mol. The second-order valence-corrected chi connectivity index (χ2v) is 4.52. The van der Waals surface area contributed by atoms with Gasteiger partial charge in [0, 0.05) is 23.5 Å². The number of hydrogen-bond acceptors (Lipinski definition) is 1. The summed E-state index contributed by atoms with van der Waals surface area (Å²) >= 11 is 0. The molecule has 0 aliphatic carbocycles. The third kappa shape index (κ3) is 4.17. The lowest BCUT2D eigenvalue weighted by Gasteiger charge is -2.08. The highest BCUT2D eigenvalue weighted by Gasteiger charge is 2.05. The number of rotatable bonds is 1. The van der Waals surface area contributed by atoms with Gasteiger partial charge in [-0.3, -0.25) is 0 Å². The number of aromatic amines is 1. The van der Waals surface area contributed by atoms with Crippen LogP contribution in [0.2, 0.25) is 0 Å². The molecule has 0 saturated carbocycles. The van der Waals surface area contributed by atoms with Crippen molar-refractivity contribution >= 4 is 0 Å². The zero-order chi connectivity index (χ0) is 13.5. The zero-order valence-corrected chi connectivity index (χ0v) is 10.8. The zero-order valence-electron chi connectivity index (χ0n) is 10.8. The number of H-pyrrole nitrogens is 1. The van der Waals surface area contributed by atoms with E-state index in [0.29, 0.717) is 11.3 Å². The molecule has 1 aromatic heterocycles. The van der Waals surface area contributed by atoms with Gasteiger partial charge in [-0.1, -0.05) is 6.42 Å². The van der Waals surface area contributed by atoms with Crippen molar-refractivity contribution in [3.05, 3.63) is 48.2 Å². The van der Waals surface area contributed by atoms with E-state index in [1.54, 1.807) is 18.3 Å². The maximum Gasteiger partial charge on any atom is 0.135 e. The molecule has 0 bridgehead atoms. The molecule has 1 aliphatic heterocycles. The van der Waals surface area contributed by atoms with Gasteiger partial charge in [-0.05, 0) is 50.2 Å². The van der Waals surface area contributed by atoms with Gasteiger partial charge in [0.2, 0.25) is 0 Å². The van der Waals surface area contributed by atoms with Crippen LogP contribution in [0.4, 0.5) is 8.78 Å². The molecule has 2 nitrogen and oxygen atoms in total. The molecule has 4 heteroatoms. The number of halogens is 2. The summed E-state index contributed by atoms with van der Waals surface area (Å²) in [6, 6.07) is 7.01. The molecular formula is C15H18F2N2. The summed E-state index contributed by atoms with van der Waals surface area (Å²) in [5.74, 6) is -1.12. The molecule has 1 fully saturated rings. The molecular weight excluding hydrogens is 246 g/mol. The highest BCUT2D eigenvalue weighted by molar-refractivity contribution is 5.59. The molecule has 1 aromatic carbocycles. The first-order valence-corrected chi connectivity index (χ1v) is 6.57. The van der Waals surface area contributed by atoms with Crippen molar-refractivity contribution in [3.63, 3.8) is 0 Å². The van der Waals surface area contributed by atoms with Gasteiger partial charge in [-0.25, -0.2) is 8.78 Å². The number of hydrogen-bond donors (Lipinski definition) is 2. The summed E-state index contributed by atoms with van der Waals surface area (Å²) < 4.78 is 25.7. The van der Waals surface area contributed by atoms with E-state index in [-0.39, 0.29) is 0 Å². The van der Waals surface area contributed by atoms with E-state index in [0.717, 1.165) is 6.07 Å². The minimum absolute atomic E-state index is 0.381. The Kier molecular flexibility index (Phi) is 5.10. The molecule has 0 radical (unpaired) electrons. The van der Waals surface area contributed by atoms with Crippen LogP contribution in [0.15, 0.2) is 36.5 Å². The predicted octanol–water partition coefficient (Wildman–Crippen LogP) is 3.72. The molecule has 1 saturated heterocycles. The lowest BCUT2D eigenvalue weighted by Crippen LogP contribution is -2.21. The molecule has 0 spiro atoms. The molecule has 2 aromatic rings. The van der Waals surface area contributed by atoms with Gasteiger partial charge in [0.05, 0.1) is 0 Å². The summed E-state index contributed by atoms with van der Waals surface area (Å²) in [5.41, 5.74) is 1.03. The first-order valence-electron chi connectivity index (χ1n) is 6.57. The predicted molar refractivity (Wildman–Crippen MR) is 72.9 cm³/mol. The van der Waals surface area contributed by atoms with Gasteiger partial charge >= 0.3 is 0 Å². The second kappa shape index (κ2) is 7.04. The number of benzene rings is 1. The highest BCUT2D eigenvalue weighted by Crippen LogP contribution is 2.21. The number of piperidine rings is 1. The molecule has 2 N–H and O–H groups in total. The van der Waals surface area contributed by atoms with Crippen LogP contribution in [0.3, 0.4) is 0 Å². The minimum atomic E-state index is -0.562. The van der Waals surface area contributed by atoms with Crippen molar-refractivity contribution in [2.45, 2.75) is 19.3 Å². The summed E-state index contributed by atoms with van der Waals surface area (Å²) in [6.07, 6.45) is 5.91. The van der Waals surface area contributed by atoms with Crippen molar-refractivity contribution in [1.82, 2.24) is 10.3 Å². The SMILES string of the molecule is C1CCNCC1.Fc1ccc(-c2ccc[nH]2)c(F)c1. The average molecular weight is 264 g/mol. The Labute approximate surface area is 111 Å². The fourth-order valence-electron chi connectivity index (χ4n) is 2.01. The Morgan fingerprint density at radius 1 is 0.947 bits per heavy atom. The van der Waals surface area contributed by atoms with E-state index in [4.69, 9.17) is 0 Å². The fourth-order valence-corrected chi connectivity index (χ4v) is 2.01. The smallest absolute Gasteiger partial charge is 0.135 e. The summed E-state index contributed by atoms with van der Waals surface area (Å²) in [7, 11) is 0. The van der Waals surface area contributed by atoms with Crippen LogP contribution in [0, 0.1) is 11.6 Å². The largest absolute Gasteiger partial charge is 0.361 e. The Bertz CT molecular complexity index is 479. The van der Waals surface area contributed by atoms with E-state index < -0.39 is 11.6 Å². The maximum atomic E-state index is 13.2. The van der Waals surface area contributed by atoms with E-state index in [1.165, 1.54) is 44.5 Å². The summed E-state index contributed by atoms with van der Waals surface area (Å²) in [5, 5.41) is 3.28. The van der Waals surface area contributed by atoms with Gasteiger partial charge in [-0.15, -0.1) is 0 Å². The molecule has 0 atom stereocenters. The van der Waals surface area contributed by atoms with Crippen LogP contribution >= 0.6 is 0 Å². The standard InChI is InChI=1S/C10H7F2N.C5H11N/c11-7-3-4-8(9(12)6-7)10-2-1-5-13-10;1-2-4-6-5-3-1/h1-6,13H;6H,1-5H2. The van der Waals surface area contributed by atoms with E-state index >= 15 is 0 Å². The summed E-state index contributed by atoms with van der Waals surface area (Å²) in [4.78, 5) is 2.85. The Morgan fingerprint density at radius 3 is 2.21 bits per heavy atom. The maximum absolute atomic E-state index is 13.2. The van der Waals surface area contributed by atoms with Gasteiger partial charge in [0.15, 0.2) is 0 Å². The van der Waals surface area contributed by atoms with E-state index in [9.17, 15) is 8.78 Å². The number of aromatic nitrogens is 1. The van der Waals surface area contributed by atoms with Crippen molar-refractivity contribution in [2.24, 2.45) is 0 Å². The average Bonchev–Trinajstić information content (AvgIpc) is 2.95. The third-order valence-corrected chi connectivity index (χ3v) is 3.03.